The summed E-state index contributed by atoms with van der Waals surface area (Å²) < 4.78 is 57.2. The number of carbonyl (C=O) groups is 2. The number of alkyl halides is 3. The lowest BCUT2D eigenvalue weighted by molar-refractivity contribution is -0.137. The highest BCUT2D eigenvalue weighted by Gasteiger charge is 2.31. The number of thioether (sulfide) groups is 1. The molecule has 0 fully saturated rings. The summed E-state index contributed by atoms with van der Waals surface area (Å²) in [5.41, 5.74) is -0.367. The van der Waals surface area contributed by atoms with Gasteiger partial charge in [-0.2, -0.15) is 13.2 Å². The number of carbonyl (C=O) groups excluding carboxylic acids is 2. The summed E-state index contributed by atoms with van der Waals surface area (Å²) in [6, 6.07) is 14.4. The lowest BCUT2D eigenvalue weighted by Gasteiger charge is -2.16. The molecule has 0 atom stereocenters. The highest BCUT2D eigenvalue weighted by Crippen LogP contribution is 2.35. The lowest BCUT2D eigenvalue weighted by Crippen LogP contribution is -2.25. The molecule has 0 radical (unpaired) electrons. The Morgan fingerprint density at radius 3 is 2.40 bits per heavy atom. The fraction of sp³-hybridized carbons (Fsp3) is 0.214. The van der Waals surface area contributed by atoms with Crippen LogP contribution in [0.15, 0.2) is 65.8 Å². The van der Waals surface area contributed by atoms with Crippen molar-refractivity contribution in [3.05, 3.63) is 82.6 Å². The summed E-state index contributed by atoms with van der Waals surface area (Å²) in [6.07, 6.45) is -4.61. The number of nitrogens with zero attached hydrogens (tertiary/aromatic N) is 3. The second-order valence-corrected chi connectivity index (χ2v) is 10.0. The second kappa shape index (κ2) is 13.7. The molecular formula is C28H25ClF3N5O5S. The van der Waals surface area contributed by atoms with E-state index in [-0.39, 0.29) is 28.2 Å². The largest absolute Gasteiger partial charge is 0.497 e. The predicted octanol–water partition coefficient (Wildman–Crippen LogP) is 5.63. The van der Waals surface area contributed by atoms with E-state index in [0.29, 0.717) is 34.3 Å². The van der Waals surface area contributed by atoms with Crippen molar-refractivity contribution in [3.63, 3.8) is 0 Å². The number of amides is 2. The quantitative estimate of drug-likeness (QED) is 0.204. The smallest absolute Gasteiger partial charge is 0.416 e. The summed E-state index contributed by atoms with van der Waals surface area (Å²) >= 11 is 6.98. The van der Waals surface area contributed by atoms with Crippen LogP contribution in [0.4, 0.5) is 18.9 Å². The minimum atomic E-state index is -4.61. The van der Waals surface area contributed by atoms with Crippen LogP contribution in [0.5, 0.6) is 17.2 Å². The Bertz CT molecular complexity index is 1630. The Kier molecular flexibility index (Phi) is 10.0. The van der Waals surface area contributed by atoms with Gasteiger partial charge >= 0.3 is 6.18 Å². The topological polar surface area (TPSA) is 117 Å². The average molecular weight is 636 g/mol. The van der Waals surface area contributed by atoms with Crippen molar-refractivity contribution in [3.8, 4) is 22.9 Å². The molecule has 4 aromatic rings. The number of methoxy groups -OCH3 is 3. The molecule has 43 heavy (non-hydrogen) atoms. The van der Waals surface area contributed by atoms with Crippen molar-refractivity contribution in [2.75, 3.05) is 32.4 Å². The van der Waals surface area contributed by atoms with Crippen LogP contribution < -0.4 is 24.8 Å². The zero-order valence-corrected chi connectivity index (χ0v) is 24.6. The number of anilines is 1. The standard InChI is InChI=1S/C28H25ClF3N5O5S/c1-40-17-9-11-23(42-3)21(13-17)37-24(14-33-26(39)18-6-4-5-7-22(18)41-2)35-36-27(37)43-15-25(38)34-20-12-16(28(30,31)32)8-10-19(20)29/h4-13H,14-15H2,1-3H3,(H,33,39)(H,34,38). The van der Waals surface area contributed by atoms with E-state index in [9.17, 15) is 22.8 Å². The van der Waals surface area contributed by atoms with Crippen LogP contribution in [-0.4, -0.2) is 53.7 Å². The van der Waals surface area contributed by atoms with Gasteiger partial charge in [-0.25, -0.2) is 0 Å². The van der Waals surface area contributed by atoms with Gasteiger partial charge in [0.1, 0.15) is 17.2 Å². The molecule has 15 heteroatoms. The fourth-order valence-corrected chi connectivity index (χ4v) is 4.85. The predicted molar refractivity (Wildman–Crippen MR) is 154 cm³/mol. The van der Waals surface area contributed by atoms with Gasteiger partial charge in [0.05, 0.1) is 61.2 Å². The van der Waals surface area contributed by atoms with Gasteiger partial charge in [0.15, 0.2) is 11.0 Å². The van der Waals surface area contributed by atoms with Crippen LogP contribution in [0.3, 0.4) is 0 Å². The zero-order valence-electron chi connectivity index (χ0n) is 23.0. The molecule has 3 aromatic carbocycles. The van der Waals surface area contributed by atoms with Gasteiger partial charge in [-0.15, -0.1) is 10.2 Å². The molecule has 2 amide bonds. The Labute approximate surface area is 253 Å². The number of para-hydroxylation sites is 1. The van der Waals surface area contributed by atoms with Crippen molar-refractivity contribution < 1.29 is 37.0 Å². The second-order valence-electron chi connectivity index (χ2n) is 8.68. The first-order chi connectivity index (χ1) is 20.5. The van der Waals surface area contributed by atoms with Gasteiger partial charge in [-0.05, 0) is 42.5 Å². The first kappa shape index (κ1) is 31.5. The number of hydrogen-bond donors (Lipinski definition) is 2. The third-order valence-electron chi connectivity index (χ3n) is 5.99. The maximum Gasteiger partial charge on any atom is 0.416 e. The Morgan fingerprint density at radius 1 is 0.953 bits per heavy atom. The molecule has 226 valence electrons. The number of hydrogen-bond acceptors (Lipinski definition) is 8. The third-order valence-corrected chi connectivity index (χ3v) is 7.24. The van der Waals surface area contributed by atoms with E-state index in [4.69, 9.17) is 25.8 Å². The Hall–Kier alpha value is -4.43. The van der Waals surface area contributed by atoms with Crippen LogP contribution in [0, 0.1) is 0 Å². The summed E-state index contributed by atoms with van der Waals surface area (Å²) in [6.45, 7) is -0.0726. The van der Waals surface area contributed by atoms with E-state index in [2.05, 4.69) is 20.8 Å². The maximum atomic E-state index is 13.1. The monoisotopic (exact) mass is 635 g/mol. The number of rotatable bonds is 11. The summed E-state index contributed by atoms with van der Waals surface area (Å²) in [7, 11) is 4.42. The Balaban J connectivity index is 1.60. The molecule has 0 aliphatic rings. The molecule has 0 aliphatic heterocycles. The number of ether oxygens (including phenoxy) is 3. The molecule has 1 heterocycles. The molecule has 4 rings (SSSR count). The van der Waals surface area contributed by atoms with E-state index in [1.807, 2.05) is 0 Å². The van der Waals surface area contributed by atoms with Crippen molar-refractivity contribution in [1.82, 2.24) is 20.1 Å². The molecule has 2 N–H and O–H groups in total. The molecule has 0 unspecified atom stereocenters. The molecular weight excluding hydrogens is 611 g/mol. The van der Waals surface area contributed by atoms with E-state index >= 15 is 0 Å². The first-order valence-corrected chi connectivity index (χ1v) is 13.8. The van der Waals surface area contributed by atoms with Crippen LogP contribution in [-0.2, 0) is 17.5 Å². The average Bonchev–Trinajstić information content (AvgIpc) is 3.41. The molecule has 0 aliphatic carbocycles. The van der Waals surface area contributed by atoms with Crippen molar-refractivity contribution in [1.29, 1.82) is 0 Å². The summed E-state index contributed by atoms with van der Waals surface area (Å²) in [4.78, 5) is 25.7. The fourth-order valence-electron chi connectivity index (χ4n) is 3.92. The van der Waals surface area contributed by atoms with Gasteiger partial charge in [-0.1, -0.05) is 35.5 Å². The number of benzene rings is 3. The van der Waals surface area contributed by atoms with Gasteiger partial charge in [0.2, 0.25) is 5.91 Å². The molecule has 1 aromatic heterocycles. The first-order valence-electron chi connectivity index (χ1n) is 12.4. The van der Waals surface area contributed by atoms with Crippen molar-refractivity contribution in [2.45, 2.75) is 17.9 Å². The van der Waals surface area contributed by atoms with E-state index in [1.54, 1.807) is 47.0 Å². The molecule has 10 nitrogen and oxygen atoms in total. The molecule has 0 saturated heterocycles. The SMILES string of the molecule is COc1ccc(OC)c(-n2c(CNC(=O)c3ccccc3OC)nnc2SCC(=O)Nc2cc(C(F)(F)F)ccc2Cl)c1. The van der Waals surface area contributed by atoms with Crippen molar-refractivity contribution >= 4 is 40.9 Å². The van der Waals surface area contributed by atoms with Gasteiger partial charge in [0, 0.05) is 6.07 Å². The minimum absolute atomic E-state index is 0.0521. The highest BCUT2D eigenvalue weighted by molar-refractivity contribution is 7.99. The molecule has 0 bridgehead atoms. The van der Waals surface area contributed by atoms with Crippen LogP contribution in [0.25, 0.3) is 5.69 Å². The normalized spacial score (nSPS) is 11.1. The minimum Gasteiger partial charge on any atom is -0.497 e. The van der Waals surface area contributed by atoms with Crippen LogP contribution >= 0.6 is 23.4 Å². The van der Waals surface area contributed by atoms with E-state index in [1.165, 1.54) is 21.3 Å². The number of nitrogens with one attached hydrogen (secondary N) is 2. The number of aromatic nitrogens is 3. The molecule has 0 saturated carbocycles. The van der Waals surface area contributed by atoms with Gasteiger partial charge in [0.25, 0.3) is 5.91 Å². The lowest BCUT2D eigenvalue weighted by atomic mass is 10.2. The highest BCUT2D eigenvalue weighted by atomic mass is 35.5. The summed E-state index contributed by atoms with van der Waals surface area (Å²) in [5, 5.41) is 13.8. The molecule has 0 spiro atoms. The van der Waals surface area contributed by atoms with Crippen molar-refractivity contribution in [2.24, 2.45) is 0 Å². The van der Waals surface area contributed by atoms with Gasteiger partial charge in [-0.3, -0.25) is 14.2 Å². The maximum absolute atomic E-state index is 13.1. The van der Waals surface area contributed by atoms with Gasteiger partial charge < -0.3 is 24.8 Å². The zero-order chi connectivity index (χ0) is 31.1. The van der Waals surface area contributed by atoms with Crippen LogP contribution in [0.1, 0.15) is 21.7 Å². The summed E-state index contributed by atoms with van der Waals surface area (Å²) in [5.74, 6) is 0.268. The number of halogens is 4. The Morgan fingerprint density at radius 2 is 1.70 bits per heavy atom. The van der Waals surface area contributed by atoms with E-state index < -0.39 is 23.6 Å². The third kappa shape index (κ3) is 7.51. The van der Waals surface area contributed by atoms with E-state index in [0.717, 1.165) is 30.0 Å². The van der Waals surface area contributed by atoms with Crippen LogP contribution in [0.2, 0.25) is 5.02 Å².